The smallest absolute Gasteiger partial charge is 0.160 e. The topological polar surface area (TPSA) is 42.8 Å². The standard InChI is InChI=1S/C67H45N3O/c1-2-16-41(17-3-1)42-30-32-43(33-31-42)67-68-58(55-38-48-22-8-9-23-49(48)50-24-10-11-25-51(50)55)34-35-59(69-67)63-52-26-12-13-27-53(52)66-64(54-28-14-15-29-62(54)71-66)65(63)70-60-39-46-20-6-4-18-44(46)36-56(60)57-37-45-19-5-7-21-47(45)40-61(57)70/h1-9,11-12,14-23,25-26,28-34,36-40H,10,13,24,27,35H2. The minimum atomic E-state index is 0.563. The quantitative estimate of drug-likeness (QED) is 0.170. The highest BCUT2D eigenvalue weighted by Crippen LogP contribution is 2.47. The first-order valence-corrected chi connectivity index (χ1v) is 25.0. The highest BCUT2D eigenvalue weighted by Gasteiger charge is 2.31. The second-order valence-corrected chi connectivity index (χ2v) is 19.3. The Morgan fingerprint density at radius 3 is 1.76 bits per heavy atom. The van der Waals surface area contributed by atoms with Crippen molar-refractivity contribution in [2.24, 2.45) is 9.98 Å². The van der Waals surface area contributed by atoms with E-state index in [0.717, 1.165) is 104 Å². The fourth-order valence-corrected chi connectivity index (χ4v) is 12.0. The summed E-state index contributed by atoms with van der Waals surface area (Å²) >= 11 is 0. The minimum Gasteiger partial charge on any atom is -0.456 e. The number of rotatable bonds is 5. The number of amidine groups is 1. The first-order valence-electron chi connectivity index (χ1n) is 25.0. The van der Waals surface area contributed by atoms with Gasteiger partial charge in [-0.25, -0.2) is 9.98 Å². The van der Waals surface area contributed by atoms with E-state index in [1.807, 2.05) is 0 Å². The van der Waals surface area contributed by atoms with Crippen LogP contribution in [0.25, 0.3) is 111 Å². The van der Waals surface area contributed by atoms with E-state index in [2.05, 4.69) is 217 Å². The van der Waals surface area contributed by atoms with Gasteiger partial charge in [0, 0.05) is 44.8 Å². The number of para-hydroxylation sites is 1. The van der Waals surface area contributed by atoms with Crippen LogP contribution in [0.2, 0.25) is 0 Å². The van der Waals surface area contributed by atoms with E-state index in [-0.39, 0.29) is 0 Å². The molecule has 10 aromatic carbocycles. The summed E-state index contributed by atoms with van der Waals surface area (Å²) in [4.78, 5) is 11.6. The molecule has 4 nitrogen and oxygen atoms in total. The van der Waals surface area contributed by atoms with E-state index in [0.29, 0.717) is 12.3 Å². The molecule has 0 N–H and O–H groups in total. The van der Waals surface area contributed by atoms with Crippen molar-refractivity contribution in [3.05, 3.63) is 239 Å². The third kappa shape index (κ3) is 6.31. The predicted octanol–water partition coefficient (Wildman–Crippen LogP) is 17.4. The van der Waals surface area contributed by atoms with Crippen LogP contribution < -0.4 is 0 Å². The van der Waals surface area contributed by atoms with Crippen LogP contribution in [0.1, 0.15) is 58.2 Å². The van der Waals surface area contributed by atoms with Crippen molar-refractivity contribution in [1.29, 1.82) is 0 Å². The van der Waals surface area contributed by atoms with E-state index in [1.54, 1.807) is 0 Å². The molecule has 0 amide bonds. The number of nitrogens with zero attached hydrogens (tertiary/aromatic N) is 3. The number of allylic oxidation sites excluding steroid dienone is 3. The van der Waals surface area contributed by atoms with Gasteiger partial charge in [0.2, 0.25) is 0 Å². The van der Waals surface area contributed by atoms with Gasteiger partial charge in [0.25, 0.3) is 0 Å². The van der Waals surface area contributed by atoms with Crippen molar-refractivity contribution in [2.45, 2.75) is 32.1 Å². The zero-order valence-electron chi connectivity index (χ0n) is 39.0. The molecule has 334 valence electrons. The number of aryl methyl sites for hydroxylation is 2. The molecule has 0 saturated heterocycles. The van der Waals surface area contributed by atoms with Gasteiger partial charge in [-0.1, -0.05) is 176 Å². The fourth-order valence-electron chi connectivity index (χ4n) is 12.0. The second kappa shape index (κ2) is 15.8. The summed E-state index contributed by atoms with van der Waals surface area (Å²) in [5, 5.41) is 12.0. The van der Waals surface area contributed by atoms with Gasteiger partial charge in [0.1, 0.15) is 11.2 Å². The third-order valence-corrected chi connectivity index (χ3v) is 15.3. The SMILES string of the molecule is C1=Cc2c(C3=CCC(c4c5c(c6oc7ccccc7c6c4-n4c6cc7ccccc7cc6c6cc7ccccc7cc64)CCC=C5)=NC(c4ccc(-c5ccccc5)cc4)=N3)cc3ccccc3c2CC1. The van der Waals surface area contributed by atoms with Gasteiger partial charge in [-0.2, -0.15) is 0 Å². The Morgan fingerprint density at radius 1 is 0.465 bits per heavy atom. The molecular formula is C67H45N3O. The maximum atomic E-state index is 7.09. The summed E-state index contributed by atoms with van der Waals surface area (Å²) in [7, 11) is 0. The fraction of sp³-hybridized carbons (Fsp3) is 0.0746. The first-order chi connectivity index (χ1) is 35.2. The Balaban J connectivity index is 1.07. The molecule has 0 unspecified atom stereocenters. The normalized spacial score (nSPS) is 14.6. The number of fused-ring (bicyclic) bond motifs is 13. The zero-order valence-corrected chi connectivity index (χ0v) is 39.0. The van der Waals surface area contributed by atoms with Gasteiger partial charge >= 0.3 is 0 Å². The lowest BCUT2D eigenvalue weighted by Gasteiger charge is -2.23. The Morgan fingerprint density at radius 2 is 1.04 bits per heavy atom. The van der Waals surface area contributed by atoms with Crippen LogP contribution in [-0.2, 0) is 12.8 Å². The Kier molecular flexibility index (Phi) is 8.94. The molecule has 0 bridgehead atoms. The van der Waals surface area contributed by atoms with E-state index >= 15 is 0 Å². The van der Waals surface area contributed by atoms with Gasteiger partial charge in [-0.3, -0.25) is 0 Å². The summed E-state index contributed by atoms with van der Waals surface area (Å²) in [6.45, 7) is 0. The van der Waals surface area contributed by atoms with Crippen LogP contribution >= 0.6 is 0 Å². The summed E-state index contributed by atoms with van der Waals surface area (Å²) < 4.78 is 9.65. The molecule has 0 fully saturated rings. The summed E-state index contributed by atoms with van der Waals surface area (Å²) in [6, 6.07) is 66.3. The number of hydrogen-bond donors (Lipinski definition) is 0. The van der Waals surface area contributed by atoms with E-state index < -0.39 is 0 Å². The van der Waals surface area contributed by atoms with Crippen molar-refractivity contribution in [2.75, 3.05) is 0 Å². The average molecular weight is 908 g/mol. The van der Waals surface area contributed by atoms with Gasteiger partial charge in [-0.15, -0.1) is 0 Å². The molecule has 0 atom stereocenters. The lowest BCUT2D eigenvalue weighted by atomic mass is 9.85. The largest absolute Gasteiger partial charge is 0.456 e. The minimum absolute atomic E-state index is 0.563. The maximum absolute atomic E-state index is 7.09. The van der Waals surface area contributed by atoms with Gasteiger partial charge in [0.15, 0.2) is 5.84 Å². The number of hydrogen-bond acceptors (Lipinski definition) is 3. The molecule has 15 rings (SSSR count). The van der Waals surface area contributed by atoms with Crippen LogP contribution in [0.3, 0.4) is 0 Å². The van der Waals surface area contributed by atoms with E-state index in [1.165, 1.54) is 65.3 Å². The molecule has 0 spiro atoms. The van der Waals surface area contributed by atoms with Crippen LogP contribution in [0.15, 0.2) is 215 Å². The third-order valence-electron chi connectivity index (χ3n) is 15.3. The molecular weight excluding hydrogens is 863 g/mol. The highest BCUT2D eigenvalue weighted by molar-refractivity contribution is 6.25. The molecule has 0 saturated carbocycles. The van der Waals surface area contributed by atoms with Crippen LogP contribution in [0, 0.1) is 0 Å². The Labute approximate surface area is 410 Å². The lowest BCUT2D eigenvalue weighted by Crippen LogP contribution is -2.14. The molecule has 0 radical (unpaired) electrons. The maximum Gasteiger partial charge on any atom is 0.160 e. The van der Waals surface area contributed by atoms with Gasteiger partial charge in [0.05, 0.1) is 33.5 Å². The lowest BCUT2D eigenvalue weighted by molar-refractivity contribution is 0.661. The number of benzene rings is 10. The summed E-state index contributed by atoms with van der Waals surface area (Å²) in [6.07, 6.45) is 16.1. The van der Waals surface area contributed by atoms with Crippen molar-refractivity contribution < 1.29 is 4.42 Å². The molecule has 3 aliphatic rings. The Hall–Kier alpha value is -8.86. The summed E-state index contributed by atoms with van der Waals surface area (Å²) in [5.74, 6) is 0.695. The van der Waals surface area contributed by atoms with Crippen molar-refractivity contribution >= 4 is 105 Å². The van der Waals surface area contributed by atoms with Crippen molar-refractivity contribution in [3.8, 4) is 16.8 Å². The van der Waals surface area contributed by atoms with Crippen molar-refractivity contribution in [3.63, 3.8) is 0 Å². The predicted molar refractivity (Wildman–Crippen MR) is 299 cm³/mol. The molecule has 1 aliphatic heterocycles. The monoisotopic (exact) mass is 907 g/mol. The zero-order chi connectivity index (χ0) is 46.6. The van der Waals surface area contributed by atoms with Gasteiger partial charge < -0.3 is 8.98 Å². The van der Waals surface area contributed by atoms with Crippen LogP contribution in [0.4, 0.5) is 0 Å². The van der Waals surface area contributed by atoms with Gasteiger partial charge in [-0.05, 0) is 122 Å². The number of aliphatic imine (C=N–C) groups is 2. The second-order valence-electron chi connectivity index (χ2n) is 19.3. The van der Waals surface area contributed by atoms with Crippen LogP contribution in [0.5, 0.6) is 0 Å². The molecule has 2 aliphatic carbocycles. The van der Waals surface area contributed by atoms with Crippen molar-refractivity contribution in [1.82, 2.24) is 4.57 Å². The van der Waals surface area contributed by atoms with E-state index in [9.17, 15) is 0 Å². The first kappa shape index (κ1) is 40.1. The number of aromatic nitrogens is 1. The van der Waals surface area contributed by atoms with Crippen LogP contribution in [-0.4, -0.2) is 16.1 Å². The summed E-state index contributed by atoms with van der Waals surface area (Å²) in [5.41, 5.74) is 17.7. The number of furan rings is 1. The molecule has 2 aromatic heterocycles. The Bertz CT molecular complexity index is 4310. The van der Waals surface area contributed by atoms with E-state index in [4.69, 9.17) is 14.4 Å². The molecule has 4 heteroatoms. The average Bonchev–Trinajstić information content (AvgIpc) is 3.87. The highest BCUT2D eigenvalue weighted by atomic mass is 16.3. The molecule has 71 heavy (non-hydrogen) atoms. The molecule has 12 aromatic rings. The molecule has 3 heterocycles.